The summed E-state index contributed by atoms with van der Waals surface area (Å²) in [7, 11) is 0. The Bertz CT molecular complexity index is 682. The van der Waals surface area contributed by atoms with Crippen molar-refractivity contribution in [3.05, 3.63) is 54.6 Å². The van der Waals surface area contributed by atoms with Gasteiger partial charge >= 0.3 is 0 Å². The molecular weight excluding hydrogens is 316 g/mol. The Morgan fingerprint density at radius 2 is 1.64 bits per heavy atom. The van der Waals surface area contributed by atoms with E-state index in [9.17, 15) is 9.90 Å². The number of anilines is 1. The molecule has 0 atom stereocenters. The van der Waals surface area contributed by atoms with Crippen LogP contribution in [0.5, 0.6) is 11.5 Å². The van der Waals surface area contributed by atoms with Crippen LogP contribution in [-0.4, -0.2) is 48.7 Å². The summed E-state index contributed by atoms with van der Waals surface area (Å²) >= 11 is 0. The molecule has 1 fully saturated rings. The average Bonchev–Trinajstić information content (AvgIpc) is 2.66. The first-order valence-electron chi connectivity index (χ1n) is 8.72. The monoisotopic (exact) mass is 340 g/mol. The molecule has 1 aliphatic rings. The number of carbonyl (C=O) groups is 1. The topological polar surface area (TPSA) is 53.0 Å². The minimum atomic E-state index is 0.175. The normalized spacial score (nSPS) is 14.4. The lowest BCUT2D eigenvalue weighted by Gasteiger charge is -2.36. The van der Waals surface area contributed by atoms with Crippen molar-refractivity contribution in [2.24, 2.45) is 0 Å². The van der Waals surface area contributed by atoms with E-state index in [1.54, 1.807) is 6.07 Å². The molecule has 1 heterocycles. The molecule has 1 aliphatic heterocycles. The van der Waals surface area contributed by atoms with Crippen LogP contribution in [0.3, 0.4) is 0 Å². The van der Waals surface area contributed by atoms with Gasteiger partial charge in [-0.3, -0.25) is 4.79 Å². The van der Waals surface area contributed by atoms with Crippen LogP contribution in [0.2, 0.25) is 0 Å². The van der Waals surface area contributed by atoms with Crippen molar-refractivity contribution in [1.82, 2.24) is 4.90 Å². The van der Waals surface area contributed by atoms with Gasteiger partial charge in [-0.25, -0.2) is 0 Å². The molecule has 2 aromatic rings. The van der Waals surface area contributed by atoms with E-state index in [0.717, 1.165) is 24.5 Å². The van der Waals surface area contributed by atoms with E-state index in [0.29, 0.717) is 38.3 Å². The number of nitrogens with zero attached hydrogens (tertiary/aromatic N) is 2. The van der Waals surface area contributed by atoms with E-state index >= 15 is 0 Å². The number of phenolic OH excluding ortho intramolecular Hbond substituents is 1. The zero-order valence-electron chi connectivity index (χ0n) is 14.3. The van der Waals surface area contributed by atoms with Gasteiger partial charge in [0.2, 0.25) is 5.91 Å². The Hall–Kier alpha value is -2.69. The Labute approximate surface area is 148 Å². The lowest BCUT2D eigenvalue weighted by atomic mass is 10.2. The minimum Gasteiger partial charge on any atom is -0.506 e. The van der Waals surface area contributed by atoms with Gasteiger partial charge in [-0.05, 0) is 30.7 Å². The molecule has 1 saturated heterocycles. The number of para-hydroxylation sites is 3. The number of phenols is 1. The molecule has 0 saturated carbocycles. The maximum atomic E-state index is 12.3. The van der Waals surface area contributed by atoms with E-state index in [1.165, 1.54) is 0 Å². The molecule has 5 heteroatoms. The lowest BCUT2D eigenvalue weighted by molar-refractivity contribution is -0.131. The Kier molecular flexibility index (Phi) is 5.77. The van der Waals surface area contributed by atoms with Crippen LogP contribution in [0, 0.1) is 0 Å². The minimum absolute atomic E-state index is 0.175. The number of amides is 1. The summed E-state index contributed by atoms with van der Waals surface area (Å²) in [6, 6.07) is 17.0. The van der Waals surface area contributed by atoms with Crippen LogP contribution in [0.25, 0.3) is 0 Å². The van der Waals surface area contributed by atoms with Crippen molar-refractivity contribution in [1.29, 1.82) is 0 Å². The molecule has 0 aliphatic carbocycles. The van der Waals surface area contributed by atoms with Gasteiger partial charge in [0, 0.05) is 32.6 Å². The number of aromatic hydroxyl groups is 1. The Morgan fingerprint density at radius 3 is 2.36 bits per heavy atom. The molecular formula is C20H24N2O3. The molecule has 0 bridgehead atoms. The fourth-order valence-electron chi connectivity index (χ4n) is 3.02. The maximum absolute atomic E-state index is 12.3. The average molecular weight is 340 g/mol. The van der Waals surface area contributed by atoms with Gasteiger partial charge in [-0.1, -0.05) is 30.3 Å². The van der Waals surface area contributed by atoms with Crippen LogP contribution < -0.4 is 9.64 Å². The second-order valence-corrected chi connectivity index (χ2v) is 6.12. The number of carbonyl (C=O) groups excluding carboxylic acids is 1. The summed E-state index contributed by atoms with van der Waals surface area (Å²) < 4.78 is 5.63. The summed E-state index contributed by atoms with van der Waals surface area (Å²) in [5.74, 6) is 1.31. The fourth-order valence-corrected chi connectivity index (χ4v) is 3.02. The van der Waals surface area contributed by atoms with Gasteiger partial charge in [0.05, 0.1) is 12.3 Å². The number of rotatable bonds is 6. The number of ether oxygens (including phenoxy) is 1. The van der Waals surface area contributed by atoms with Crippen LogP contribution >= 0.6 is 0 Å². The van der Waals surface area contributed by atoms with Gasteiger partial charge in [0.25, 0.3) is 0 Å². The number of benzene rings is 2. The van der Waals surface area contributed by atoms with Gasteiger partial charge in [0.1, 0.15) is 11.5 Å². The van der Waals surface area contributed by atoms with Crippen molar-refractivity contribution in [3.63, 3.8) is 0 Å². The van der Waals surface area contributed by atoms with E-state index < -0.39 is 0 Å². The van der Waals surface area contributed by atoms with E-state index in [-0.39, 0.29) is 5.91 Å². The predicted octanol–water partition coefficient (Wildman–Crippen LogP) is 2.90. The predicted molar refractivity (Wildman–Crippen MR) is 98.1 cm³/mol. The van der Waals surface area contributed by atoms with Crippen molar-refractivity contribution in [2.45, 2.75) is 12.8 Å². The first kappa shape index (κ1) is 17.1. The molecule has 5 nitrogen and oxygen atoms in total. The first-order valence-corrected chi connectivity index (χ1v) is 8.72. The zero-order valence-corrected chi connectivity index (χ0v) is 14.3. The van der Waals surface area contributed by atoms with Gasteiger partial charge in [-0.2, -0.15) is 0 Å². The van der Waals surface area contributed by atoms with Crippen molar-refractivity contribution in [2.75, 3.05) is 37.7 Å². The van der Waals surface area contributed by atoms with E-state index in [1.807, 2.05) is 53.4 Å². The molecule has 0 unspecified atom stereocenters. The van der Waals surface area contributed by atoms with Crippen molar-refractivity contribution >= 4 is 11.6 Å². The van der Waals surface area contributed by atoms with E-state index in [2.05, 4.69) is 4.90 Å². The molecule has 1 amide bonds. The van der Waals surface area contributed by atoms with Crippen molar-refractivity contribution < 1.29 is 14.6 Å². The second kappa shape index (κ2) is 8.42. The molecule has 1 N–H and O–H groups in total. The lowest BCUT2D eigenvalue weighted by Crippen LogP contribution is -2.48. The molecule has 3 rings (SSSR count). The second-order valence-electron chi connectivity index (χ2n) is 6.12. The summed E-state index contributed by atoms with van der Waals surface area (Å²) in [6.07, 6.45) is 1.22. The highest BCUT2D eigenvalue weighted by Gasteiger charge is 2.22. The summed E-state index contributed by atoms with van der Waals surface area (Å²) in [6.45, 7) is 3.40. The van der Waals surface area contributed by atoms with Crippen LogP contribution in [0.4, 0.5) is 5.69 Å². The molecule has 0 spiro atoms. The SMILES string of the molecule is O=C(CCCOc1ccccc1)N1CCN(c2ccccc2O)CC1. The number of piperazine rings is 1. The third-order valence-corrected chi connectivity index (χ3v) is 4.40. The number of hydrogen-bond donors (Lipinski definition) is 1. The quantitative estimate of drug-likeness (QED) is 0.822. The highest BCUT2D eigenvalue weighted by atomic mass is 16.5. The molecule has 25 heavy (non-hydrogen) atoms. The molecule has 0 aromatic heterocycles. The van der Waals surface area contributed by atoms with Gasteiger partial charge < -0.3 is 19.6 Å². The largest absolute Gasteiger partial charge is 0.506 e. The third kappa shape index (κ3) is 4.66. The van der Waals surface area contributed by atoms with Crippen LogP contribution in [0.1, 0.15) is 12.8 Å². The Morgan fingerprint density at radius 1 is 0.960 bits per heavy atom. The van der Waals surface area contributed by atoms with Crippen LogP contribution in [-0.2, 0) is 4.79 Å². The molecule has 132 valence electrons. The fraction of sp³-hybridized carbons (Fsp3) is 0.350. The Balaban J connectivity index is 1.39. The smallest absolute Gasteiger partial charge is 0.222 e. The van der Waals surface area contributed by atoms with Gasteiger partial charge in [-0.15, -0.1) is 0 Å². The highest BCUT2D eigenvalue weighted by Crippen LogP contribution is 2.27. The third-order valence-electron chi connectivity index (χ3n) is 4.40. The van der Waals surface area contributed by atoms with Crippen LogP contribution in [0.15, 0.2) is 54.6 Å². The highest BCUT2D eigenvalue weighted by molar-refractivity contribution is 5.76. The number of hydrogen-bond acceptors (Lipinski definition) is 4. The maximum Gasteiger partial charge on any atom is 0.222 e. The van der Waals surface area contributed by atoms with E-state index in [4.69, 9.17) is 4.74 Å². The summed E-state index contributed by atoms with van der Waals surface area (Å²) in [4.78, 5) is 16.3. The van der Waals surface area contributed by atoms with Crippen molar-refractivity contribution in [3.8, 4) is 11.5 Å². The van der Waals surface area contributed by atoms with Gasteiger partial charge in [0.15, 0.2) is 0 Å². The molecule has 2 aromatic carbocycles. The zero-order chi connectivity index (χ0) is 17.5. The summed E-state index contributed by atoms with van der Waals surface area (Å²) in [5.41, 5.74) is 0.839. The first-order chi connectivity index (χ1) is 12.2. The molecule has 0 radical (unpaired) electrons. The summed E-state index contributed by atoms with van der Waals surface area (Å²) in [5, 5.41) is 9.94. The standard InChI is InChI=1S/C20H24N2O3/c23-19-10-5-4-9-18(19)21-12-14-22(15-13-21)20(24)11-6-16-25-17-7-2-1-3-8-17/h1-5,7-10,23H,6,11-16H2.